The van der Waals surface area contributed by atoms with Crippen LogP contribution in [-0.4, -0.2) is 48.1 Å². The first-order valence-corrected chi connectivity index (χ1v) is 9.07. The van der Waals surface area contributed by atoms with E-state index in [1.807, 2.05) is 11.8 Å². The molecule has 0 spiro atoms. The second-order valence-corrected chi connectivity index (χ2v) is 6.87. The summed E-state index contributed by atoms with van der Waals surface area (Å²) >= 11 is 1.67. The highest BCUT2D eigenvalue weighted by Crippen LogP contribution is 2.16. The Hall–Kier alpha value is -0.980. The molecule has 6 heteroatoms. The number of rotatable bonds is 8. The van der Waals surface area contributed by atoms with Crippen molar-refractivity contribution in [2.24, 2.45) is 5.73 Å². The summed E-state index contributed by atoms with van der Waals surface area (Å²) in [6.07, 6.45) is 5.51. The minimum atomic E-state index is 0.271. The molecule has 1 aliphatic rings. The molecule has 0 bridgehead atoms. The number of hydrogen-bond acceptors (Lipinski definition) is 5. The van der Waals surface area contributed by atoms with Crippen molar-refractivity contribution >= 4 is 17.2 Å². The predicted octanol–water partition coefficient (Wildman–Crippen LogP) is 2.13. The van der Waals surface area contributed by atoms with Crippen molar-refractivity contribution in [1.82, 2.24) is 9.88 Å². The van der Waals surface area contributed by atoms with Gasteiger partial charge in [-0.15, -0.1) is 11.3 Å². The Bertz CT molecular complexity index is 456. The SMILES string of the molecule is Cc1nc(CCCC(=O)N2CCC(OCCCN)CC2)cs1. The van der Waals surface area contributed by atoms with E-state index in [1.165, 1.54) is 0 Å². The van der Waals surface area contributed by atoms with Gasteiger partial charge in [-0.1, -0.05) is 0 Å². The van der Waals surface area contributed by atoms with Gasteiger partial charge in [-0.25, -0.2) is 4.98 Å². The van der Waals surface area contributed by atoms with Gasteiger partial charge in [-0.2, -0.15) is 0 Å². The molecule has 0 aromatic carbocycles. The van der Waals surface area contributed by atoms with E-state index < -0.39 is 0 Å². The molecule has 0 aliphatic carbocycles. The number of hydrogen-bond donors (Lipinski definition) is 1. The summed E-state index contributed by atoms with van der Waals surface area (Å²) in [7, 11) is 0. The van der Waals surface area contributed by atoms with Gasteiger partial charge in [-0.3, -0.25) is 4.79 Å². The van der Waals surface area contributed by atoms with Crippen LogP contribution in [0.2, 0.25) is 0 Å². The van der Waals surface area contributed by atoms with Crippen molar-refractivity contribution in [3.8, 4) is 0 Å². The minimum Gasteiger partial charge on any atom is -0.378 e. The lowest BCUT2D eigenvalue weighted by Crippen LogP contribution is -2.41. The maximum absolute atomic E-state index is 12.2. The lowest BCUT2D eigenvalue weighted by molar-refractivity contribution is -0.133. The summed E-state index contributed by atoms with van der Waals surface area (Å²) in [5.74, 6) is 0.271. The van der Waals surface area contributed by atoms with Gasteiger partial charge in [0, 0.05) is 31.5 Å². The van der Waals surface area contributed by atoms with Crippen molar-refractivity contribution in [2.75, 3.05) is 26.2 Å². The van der Waals surface area contributed by atoms with E-state index in [4.69, 9.17) is 10.5 Å². The first kappa shape index (κ1) is 17.4. The van der Waals surface area contributed by atoms with Crippen LogP contribution in [0.5, 0.6) is 0 Å². The molecule has 1 aliphatic heterocycles. The van der Waals surface area contributed by atoms with Gasteiger partial charge >= 0.3 is 0 Å². The van der Waals surface area contributed by atoms with E-state index in [2.05, 4.69) is 10.4 Å². The number of nitrogens with zero attached hydrogens (tertiary/aromatic N) is 2. The van der Waals surface area contributed by atoms with Gasteiger partial charge in [0.15, 0.2) is 0 Å². The van der Waals surface area contributed by atoms with Crippen LogP contribution in [0.3, 0.4) is 0 Å². The van der Waals surface area contributed by atoms with Crippen molar-refractivity contribution in [1.29, 1.82) is 0 Å². The molecule has 1 aromatic rings. The molecule has 124 valence electrons. The van der Waals surface area contributed by atoms with Crippen molar-refractivity contribution < 1.29 is 9.53 Å². The number of carbonyl (C=O) groups is 1. The van der Waals surface area contributed by atoms with Crippen LogP contribution in [0.4, 0.5) is 0 Å². The van der Waals surface area contributed by atoms with E-state index in [1.54, 1.807) is 11.3 Å². The summed E-state index contributed by atoms with van der Waals surface area (Å²) in [6.45, 7) is 5.07. The van der Waals surface area contributed by atoms with Gasteiger partial charge in [0.05, 0.1) is 16.8 Å². The topological polar surface area (TPSA) is 68.5 Å². The number of aromatic nitrogens is 1. The quantitative estimate of drug-likeness (QED) is 0.744. The second kappa shape index (κ2) is 9.22. The Kier molecular flexibility index (Phi) is 7.29. The fourth-order valence-electron chi connectivity index (χ4n) is 2.71. The average molecular weight is 325 g/mol. The zero-order valence-corrected chi connectivity index (χ0v) is 14.2. The number of thiazole rings is 1. The van der Waals surface area contributed by atoms with E-state index in [0.29, 0.717) is 19.1 Å². The number of likely N-dealkylation sites (tertiary alicyclic amines) is 1. The van der Waals surface area contributed by atoms with Crippen LogP contribution in [-0.2, 0) is 16.0 Å². The molecule has 22 heavy (non-hydrogen) atoms. The number of amides is 1. The third-order valence-corrected chi connectivity index (χ3v) is 4.81. The first-order valence-electron chi connectivity index (χ1n) is 8.19. The number of aryl methyl sites for hydroxylation is 2. The fraction of sp³-hybridized carbons (Fsp3) is 0.750. The molecule has 0 saturated carbocycles. The predicted molar refractivity (Wildman–Crippen MR) is 89.0 cm³/mol. The minimum absolute atomic E-state index is 0.271. The van der Waals surface area contributed by atoms with Crippen LogP contribution in [0, 0.1) is 6.92 Å². The standard InChI is InChI=1S/C16H27N3O2S/c1-13-18-14(12-22-13)4-2-5-16(20)19-9-6-15(7-10-19)21-11-3-8-17/h12,15H,2-11,17H2,1H3. The van der Waals surface area contributed by atoms with Gasteiger partial charge < -0.3 is 15.4 Å². The van der Waals surface area contributed by atoms with Gasteiger partial charge in [0.1, 0.15) is 0 Å². The van der Waals surface area contributed by atoms with Crippen molar-refractivity contribution in [3.05, 3.63) is 16.1 Å². The summed E-state index contributed by atoms with van der Waals surface area (Å²) in [5, 5.41) is 3.18. The highest BCUT2D eigenvalue weighted by atomic mass is 32.1. The molecule has 2 N–H and O–H groups in total. The lowest BCUT2D eigenvalue weighted by Gasteiger charge is -2.32. The van der Waals surface area contributed by atoms with E-state index >= 15 is 0 Å². The smallest absolute Gasteiger partial charge is 0.222 e. The Balaban J connectivity index is 1.60. The highest BCUT2D eigenvalue weighted by molar-refractivity contribution is 7.09. The van der Waals surface area contributed by atoms with E-state index in [9.17, 15) is 4.79 Å². The van der Waals surface area contributed by atoms with Crippen molar-refractivity contribution in [2.45, 2.75) is 51.6 Å². The Morgan fingerprint density at radius 2 is 2.23 bits per heavy atom. The molecule has 2 heterocycles. The number of piperidine rings is 1. The zero-order chi connectivity index (χ0) is 15.8. The first-order chi connectivity index (χ1) is 10.7. The van der Waals surface area contributed by atoms with Crippen LogP contribution in [0.15, 0.2) is 5.38 Å². The van der Waals surface area contributed by atoms with Gasteiger partial charge in [-0.05, 0) is 45.6 Å². The molecule has 5 nitrogen and oxygen atoms in total. The van der Waals surface area contributed by atoms with Gasteiger partial charge in [0.25, 0.3) is 0 Å². The van der Waals surface area contributed by atoms with E-state index in [-0.39, 0.29) is 5.91 Å². The monoisotopic (exact) mass is 325 g/mol. The fourth-order valence-corrected chi connectivity index (χ4v) is 3.35. The molecular weight excluding hydrogens is 298 g/mol. The molecule has 1 aromatic heterocycles. The maximum Gasteiger partial charge on any atom is 0.222 e. The van der Waals surface area contributed by atoms with Crippen molar-refractivity contribution in [3.63, 3.8) is 0 Å². The van der Waals surface area contributed by atoms with E-state index in [0.717, 1.165) is 62.5 Å². The Labute approximate surface area is 136 Å². The number of ether oxygens (including phenoxy) is 1. The molecular formula is C16H27N3O2S. The molecule has 2 rings (SSSR count). The summed E-state index contributed by atoms with van der Waals surface area (Å²) in [5.41, 5.74) is 6.57. The second-order valence-electron chi connectivity index (χ2n) is 5.80. The van der Waals surface area contributed by atoms with Crippen LogP contribution in [0.1, 0.15) is 42.8 Å². The third-order valence-electron chi connectivity index (χ3n) is 3.99. The summed E-state index contributed by atoms with van der Waals surface area (Å²) in [6, 6.07) is 0. The molecule has 1 saturated heterocycles. The number of carbonyl (C=O) groups excluding carboxylic acids is 1. The molecule has 1 fully saturated rings. The molecule has 0 unspecified atom stereocenters. The normalized spacial score (nSPS) is 16.2. The summed E-state index contributed by atoms with van der Waals surface area (Å²) < 4.78 is 5.77. The largest absolute Gasteiger partial charge is 0.378 e. The Morgan fingerprint density at radius 1 is 1.45 bits per heavy atom. The molecule has 1 amide bonds. The lowest BCUT2D eigenvalue weighted by atomic mass is 10.1. The van der Waals surface area contributed by atoms with Crippen LogP contribution >= 0.6 is 11.3 Å². The van der Waals surface area contributed by atoms with Gasteiger partial charge in [0.2, 0.25) is 5.91 Å². The number of nitrogens with two attached hydrogens (primary N) is 1. The van der Waals surface area contributed by atoms with Crippen LogP contribution in [0.25, 0.3) is 0 Å². The highest BCUT2D eigenvalue weighted by Gasteiger charge is 2.22. The third kappa shape index (κ3) is 5.66. The molecule has 0 atom stereocenters. The zero-order valence-electron chi connectivity index (χ0n) is 13.4. The Morgan fingerprint density at radius 3 is 2.86 bits per heavy atom. The summed E-state index contributed by atoms with van der Waals surface area (Å²) in [4.78, 5) is 18.6. The average Bonchev–Trinajstić information content (AvgIpc) is 2.93. The van der Waals surface area contributed by atoms with Crippen LogP contribution < -0.4 is 5.73 Å². The maximum atomic E-state index is 12.2. The molecule has 0 radical (unpaired) electrons.